The first kappa shape index (κ1) is 19.0. The topological polar surface area (TPSA) is 75.7 Å². The zero-order chi connectivity index (χ0) is 19.7. The Labute approximate surface area is 165 Å². The molecule has 2 amide bonds. The van der Waals surface area contributed by atoms with Crippen molar-refractivity contribution in [2.75, 3.05) is 19.7 Å². The number of piperidine rings is 1. The molecule has 150 valence electrons. The number of carbonyl (C=O) groups excluding carboxylic acids is 3. The average molecular weight is 384 g/mol. The number of likely N-dealkylation sites (tertiary alicyclic amines) is 1. The summed E-state index contributed by atoms with van der Waals surface area (Å²) in [6, 6.07) is 7.90. The van der Waals surface area contributed by atoms with Crippen molar-refractivity contribution >= 4 is 17.8 Å². The number of ether oxygens (including phenoxy) is 1. The maximum absolute atomic E-state index is 13.1. The van der Waals surface area contributed by atoms with Gasteiger partial charge in [0.2, 0.25) is 11.8 Å². The molecule has 1 saturated heterocycles. The largest absolute Gasteiger partial charge is 0.464 e. The van der Waals surface area contributed by atoms with Crippen LogP contribution in [0.25, 0.3) is 0 Å². The molecule has 1 N–H and O–H groups in total. The number of carbonyl (C=O) groups is 3. The first-order chi connectivity index (χ1) is 13.5. The van der Waals surface area contributed by atoms with Crippen molar-refractivity contribution in [3.8, 4) is 0 Å². The Morgan fingerprint density at radius 2 is 1.79 bits per heavy atom. The molecule has 2 aliphatic carbocycles. The standard InChI is InChI=1S/C22H28N2O4/c1-2-28-21(27)22(12-16-6-3-4-7-17(16)13-22)23-19(25)18-8-5-11-24(14-18)20(26)15-9-10-15/h3-4,6-7,15,18H,2,5,8-14H2,1H3,(H,23,25)/t18-/m1/s1. The zero-order valence-electron chi connectivity index (χ0n) is 16.4. The van der Waals surface area contributed by atoms with Crippen LogP contribution in [0.3, 0.4) is 0 Å². The minimum atomic E-state index is -1.04. The van der Waals surface area contributed by atoms with Crippen molar-refractivity contribution < 1.29 is 19.1 Å². The normalized spacial score (nSPS) is 23.0. The van der Waals surface area contributed by atoms with E-state index in [4.69, 9.17) is 4.74 Å². The summed E-state index contributed by atoms with van der Waals surface area (Å²) in [6.07, 6.45) is 4.40. The molecule has 28 heavy (non-hydrogen) atoms. The summed E-state index contributed by atoms with van der Waals surface area (Å²) in [5.74, 6) is -0.440. The Bertz CT molecular complexity index is 761. The molecule has 0 unspecified atom stereocenters. The van der Waals surface area contributed by atoms with Gasteiger partial charge >= 0.3 is 5.97 Å². The molecule has 0 radical (unpaired) electrons. The molecule has 0 spiro atoms. The summed E-state index contributed by atoms with van der Waals surface area (Å²) in [4.78, 5) is 40.2. The van der Waals surface area contributed by atoms with Gasteiger partial charge in [0.15, 0.2) is 0 Å². The fourth-order valence-corrected chi connectivity index (χ4v) is 4.49. The lowest BCUT2D eigenvalue weighted by Gasteiger charge is -2.35. The lowest BCUT2D eigenvalue weighted by molar-refractivity contribution is -0.154. The quantitative estimate of drug-likeness (QED) is 0.786. The Kier molecular flexibility index (Phi) is 5.13. The summed E-state index contributed by atoms with van der Waals surface area (Å²) >= 11 is 0. The summed E-state index contributed by atoms with van der Waals surface area (Å²) in [5.41, 5.74) is 1.11. The summed E-state index contributed by atoms with van der Waals surface area (Å²) in [6.45, 7) is 3.23. The van der Waals surface area contributed by atoms with Crippen LogP contribution in [-0.4, -0.2) is 47.9 Å². The van der Waals surface area contributed by atoms with Crippen molar-refractivity contribution in [2.45, 2.75) is 51.0 Å². The monoisotopic (exact) mass is 384 g/mol. The maximum Gasteiger partial charge on any atom is 0.332 e. The van der Waals surface area contributed by atoms with E-state index in [9.17, 15) is 14.4 Å². The van der Waals surface area contributed by atoms with E-state index in [0.717, 1.165) is 43.4 Å². The van der Waals surface area contributed by atoms with Gasteiger partial charge in [-0.3, -0.25) is 9.59 Å². The summed E-state index contributed by atoms with van der Waals surface area (Å²) < 4.78 is 5.33. The summed E-state index contributed by atoms with van der Waals surface area (Å²) in [7, 11) is 0. The molecular formula is C22H28N2O4. The minimum Gasteiger partial charge on any atom is -0.464 e. The number of fused-ring (bicyclic) bond motifs is 1. The van der Waals surface area contributed by atoms with Crippen molar-refractivity contribution in [1.29, 1.82) is 0 Å². The van der Waals surface area contributed by atoms with E-state index < -0.39 is 5.54 Å². The van der Waals surface area contributed by atoms with Crippen LogP contribution in [0.2, 0.25) is 0 Å². The van der Waals surface area contributed by atoms with Crippen molar-refractivity contribution in [3.63, 3.8) is 0 Å². The Balaban J connectivity index is 1.48. The fourth-order valence-electron chi connectivity index (χ4n) is 4.49. The Hall–Kier alpha value is -2.37. The average Bonchev–Trinajstić information content (AvgIpc) is 3.48. The lowest BCUT2D eigenvalue weighted by Crippen LogP contribution is -2.59. The van der Waals surface area contributed by atoms with E-state index in [0.29, 0.717) is 19.4 Å². The second-order valence-electron chi connectivity index (χ2n) is 8.31. The van der Waals surface area contributed by atoms with Crippen molar-refractivity contribution in [1.82, 2.24) is 10.2 Å². The van der Waals surface area contributed by atoms with Gasteiger partial charge in [-0.1, -0.05) is 24.3 Å². The number of esters is 1. The van der Waals surface area contributed by atoms with Crippen LogP contribution in [0.4, 0.5) is 0 Å². The SMILES string of the molecule is CCOC(=O)C1(NC(=O)[C@@H]2CCCN(C(=O)C3CC3)C2)Cc2ccccc2C1. The van der Waals surface area contributed by atoms with E-state index >= 15 is 0 Å². The molecule has 0 bridgehead atoms. The van der Waals surface area contributed by atoms with Gasteiger partial charge in [-0.25, -0.2) is 4.79 Å². The van der Waals surface area contributed by atoms with Gasteiger partial charge in [-0.05, 0) is 43.7 Å². The van der Waals surface area contributed by atoms with Gasteiger partial charge < -0.3 is 15.0 Å². The van der Waals surface area contributed by atoms with Crippen molar-refractivity contribution in [3.05, 3.63) is 35.4 Å². The number of nitrogens with one attached hydrogen (secondary N) is 1. The molecule has 1 aromatic rings. The number of benzene rings is 1. The van der Waals surface area contributed by atoms with Crippen LogP contribution in [0.1, 0.15) is 43.7 Å². The molecule has 3 aliphatic rings. The molecule has 4 rings (SSSR count). The zero-order valence-corrected chi connectivity index (χ0v) is 16.4. The molecule has 1 saturated carbocycles. The van der Waals surface area contributed by atoms with E-state index in [1.807, 2.05) is 29.2 Å². The second-order valence-corrected chi connectivity index (χ2v) is 8.31. The summed E-state index contributed by atoms with van der Waals surface area (Å²) in [5, 5.41) is 3.05. The minimum absolute atomic E-state index is 0.144. The van der Waals surface area contributed by atoms with Crippen molar-refractivity contribution in [2.24, 2.45) is 11.8 Å². The predicted octanol–water partition coefficient (Wildman–Crippen LogP) is 1.85. The number of hydrogen-bond donors (Lipinski definition) is 1. The van der Waals surface area contributed by atoms with Crippen LogP contribution < -0.4 is 5.32 Å². The highest BCUT2D eigenvalue weighted by atomic mass is 16.5. The van der Waals surface area contributed by atoms with Crippen LogP contribution in [-0.2, 0) is 32.0 Å². The molecule has 2 fully saturated rings. The highest BCUT2D eigenvalue weighted by molar-refractivity contribution is 5.91. The molecule has 1 heterocycles. The molecule has 6 nitrogen and oxygen atoms in total. The number of nitrogens with zero attached hydrogens (tertiary/aromatic N) is 1. The third-order valence-corrected chi connectivity index (χ3v) is 6.16. The highest BCUT2D eigenvalue weighted by Gasteiger charge is 2.47. The fraction of sp³-hybridized carbons (Fsp3) is 0.591. The van der Waals surface area contributed by atoms with Gasteiger partial charge in [0, 0.05) is 31.8 Å². The molecule has 6 heteroatoms. The smallest absolute Gasteiger partial charge is 0.332 e. The third kappa shape index (κ3) is 3.64. The first-order valence-corrected chi connectivity index (χ1v) is 10.4. The maximum atomic E-state index is 13.1. The molecule has 0 aromatic heterocycles. The van der Waals surface area contributed by atoms with Crippen LogP contribution in [0.15, 0.2) is 24.3 Å². The molecular weight excluding hydrogens is 356 g/mol. The highest BCUT2D eigenvalue weighted by Crippen LogP contribution is 2.34. The lowest BCUT2D eigenvalue weighted by atomic mass is 9.91. The second kappa shape index (κ2) is 7.57. The van der Waals surface area contributed by atoms with E-state index in [2.05, 4.69) is 5.32 Å². The number of rotatable bonds is 5. The van der Waals surface area contributed by atoms with Gasteiger partial charge in [0.25, 0.3) is 0 Å². The number of hydrogen-bond acceptors (Lipinski definition) is 4. The molecule has 1 aliphatic heterocycles. The third-order valence-electron chi connectivity index (χ3n) is 6.16. The molecule has 1 atom stereocenters. The molecule has 1 aromatic carbocycles. The van der Waals surface area contributed by atoms with Gasteiger partial charge in [0.1, 0.15) is 5.54 Å². The van der Waals surface area contributed by atoms with Gasteiger partial charge in [0.05, 0.1) is 12.5 Å². The van der Waals surface area contributed by atoms with Crippen LogP contribution in [0.5, 0.6) is 0 Å². The Morgan fingerprint density at radius 3 is 2.39 bits per heavy atom. The van der Waals surface area contributed by atoms with Gasteiger partial charge in [-0.15, -0.1) is 0 Å². The van der Waals surface area contributed by atoms with Crippen LogP contribution in [0, 0.1) is 11.8 Å². The Morgan fingerprint density at radius 1 is 1.11 bits per heavy atom. The van der Waals surface area contributed by atoms with Gasteiger partial charge in [-0.2, -0.15) is 0 Å². The van der Waals surface area contributed by atoms with E-state index in [1.54, 1.807) is 6.92 Å². The predicted molar refractivity (Wildman–Crippen MR) is 103 cm³/mol. The van der Waals surface area contributed by atoms with E-state index in [-0.39, 0.29) is 36.2 Å². The van der Waals surface area contributed by atoms with Crippen LogP contribution >= 0.6 is 0 Å². The first-order valence-electron chi connectivity index (χ1n) is 10.4. The number of amides is 2. The van der Waals surface area contributed by atoms with E-state index in [1.165, 1.54) is 0 Å².